The van der Waals surface area contributed by atoms with E-state index >= 15 is 0 Å². The van der Waals surface area contributed by atoms with E-state index in [1.807, 2.05) is 37.3 Å². The number of carbonyl (C=O) groups is 1. The third-order valence-electron chi connectivity index (χ3n) is 3.89. The zero-order chi connectivity index (χ0) is 17.1. The van der Waals surface area contributed by atoms with Gasteiger partial charge in [-0.05, 0) is 36.8 Å². The van der Waals surface area contributed by atoms with Crippen molar-refractivity contribution >= 4 is 16.9 Å². The van der Waals surface area contributed by atoms with Crippen molar-refractivity contribution in [3.8, 4) is 5.75 Å². The maximum atomic E-state index is 12.3. The lowest BCUT2D eigenvalue weighted by atomic mass is 10.1. The zero-order valence-corrected chi connectivity index (χ0v) is 13.5. The molecule has 0 saturated carbocycles. The van der Waals surface area contributed by atoms with Gasteiger partial charge in [0.2, 0.25) is 0 Å². The molecule has 1 amide bonds. The van der Waals surface area contributed by atoms with Crippen LogP contribution in [0.1, 0.15) is 30.4 Å². The Bertz CT molecular complexity index is 822. The first-order chi connectivity index (χ1) is 11.6. The summed E-state index contributed by atoms with van der Waals surface area (Å²) in [4.78, 5) is 12.3. The molecular formula is C19H19NO4. The predicted octanol–water partition coefficient (Wildman–Crippen LogP) is 3.35. The average Bonchev–Trinajstić information content (AvgIpc) is 3.05. The zero-order valence-electron chi connectivity index (χ0n) is 13.5. The molecule has 0 saturated heterocycles. The van der Waals surface area contributed by atoms with Crippen molar-refractivity contribution in [3.05, 3.63) is 65.9 Å². The highest BCUT2D eigenvalue weighted by Crippen LogP contribution is 2.25. The molecule has 0 aliphatic carbocycles. The lowest BCUT2D eigenvalue weighted by Crippen LogP contribution is -2.31. The third-order valence-corrected chi connectivity index (χ3v) is 3.89. The first-order valence-electron chi connectivity index (χ1n) is 7.69. The summed E-state index contributed by atoms with van der Waals surface area (Å²) in [5.41, 5.74) is 1.24. The van der Waals surface area contributed by atoms with Crippen LogP contribution in [0.5, 0.6) is 5.75 Å². The van der Waals surface area contributed by atoms with Crippen molar-refractivity contribution in [2.45, 2.75) is 19.1 Å². The maximum absolute atomic E-state index is 12.3. The van der Waals surface area contributed by atoms with Crippen LogP contribution in [-0.2, 0) is 4.79 Å². The molecule has 0 fully saturated rings. The Balaban J connectivity index is 1.73. The standard InChI is InChI=1S/C19H19NO4/c1-12(17-11-13-6-3-4-9-16(13)24-17)20-19(22)18(21)14-7-5-8-15(10-14)23-2/h3-12,18,21H,1-2H3,(H,20,22). The number of benzene rings is 2. The Labute approximate surface area is 139 Å². The van der Waals surface area contributed by atoms with Gasteiger partial charge in [-0.2, -0.15) is 0 Å². The molecule has 2 unspecified atom stereocenters. The minimum atomic E-state index is -1.27. The van der Waals surface area contributed by atoms with Gasteiger partial charge in [0.15, 0.2) is 6.10 Å². The van der Waals surface area contributed by atoms with E-state index in [9.17, 15) is 9.90 Å². The van der Waals surface area contributed by atoms with Gasteiger partial charge in [-0.1, -0.05) is 30.3 Å². The number of hydrogen-bond donors (Lipinski definition) is 2. The van der Waals surface area contributed by atoms with Gasteiger partial charge in [0.1, 0.15) is 17.1 Å². The van der Waals surface area contributed by atoms with Gasteiger partial charge in [0.05, 0.1) is 13.2 Å². The molecule has 0 spiro atoms. The molecule has 3 rings (SSSR count). The van der Waals surface area contributed by atoms with Gasteiger partial charge in [-0.3, -0.25) is 4.79 Å². The minimum absolute atomic E-state index is 0.356. The van der Waals surface area contributed by atoms with E-state index < -0.39 is 12.0 Å². The number of carbonyl (C=O) groups excluding carboxylic acids is 1. The summed E-state index contributed by atoms with van der Waals surface area (Å²) in [6.07, 6.45) is -1.27. The third kappa shape index (κ3) is 3.26. The Morgan fingerprint density at radius 3 is 2.71 bits per heavy atom. The molecule has 0 radical (unpaired) electrons. The molecule has 24 heavy (non-hydrogen) atoms. The van der Waals surface area contributed by atoms with E-state index in [0.29, 0.717) is 17.1 Å². The molecule has 124 valence electrons. The maximum Gasteiger partial charge on any atom is 0.254 e. The van der Waals surface area contributed by atoms with E-state index in [1.165, 1.54) is 7.11 Å². The molecule has 2 atom stereocenters. The van der Waals surface area contributed by atoms with Gasteiger partial charge < -0.3 is 19.6 Å². The molecule has 5 heteroatoms. The van der Waals surface area contributed by atoms with Crippen molar-refractivity contribution in [1.82, 2.24) is 5.32 Å². The van der Waals surface area contributed by atoms with E-state index in [4.69, 9.17) is 9.15 Å². The van der Waals surface area contributed by atoms with E-state index in [-0.39, 0.29) is 6.04 Å². The number of para-hydroxylation sites is 1. The van der Waals surface area contributed by atoms with Crippen molar-refractivity contribution in [1.29, 1.82) is 0 Å². The predicted molar refractivity (Wildman–Crippen MR) is 90.7 cm³/mol. The van der Waals surface area contributed by atoms with E-state index in [0.717, 1.165) is 11.0 Å². The summed E-state index contributed by atoms with van der Waals surface area (Å²) in [5, 5.41) is 14.0. The van der Waals surface area contributed by atoms with E-state index in [2.05, 4.69) is 5.32 Å². The Morgan fingerprint density at radius 2 is 1.96 bits per heavy atom. The summed E-state index contributed by atoms with van der Waals surface area (Å²) in [5.74, 6) is 0.739. The van der Waals surface area contributed by atoms with Crippen molar-refractivity contribution in [2.24, 2.45) is 0 Å². The number of fused-ring (bicyclic) bond motifs is 1. The van der Waals surface area contributed by atoms with Gasteiger partial charge in [-0.15, -0.1) is 0 Å². The lowest BCUT2D eigenvalue weighted by Gasteiger charge is -2.16. The summed E-state index contributed by atoms with van der Waals surface area (Å²) in [6, 6.07) is 16.0. The molecule has 0 bridgehead atoms. The number of nitrogens with one attached hydrogen (secondary N) is 1. The van der Waals surface area contributed by atoms with Crippen molar-refractivity contribution < 1.29 is 19.1 Å². The summed E-state index contributed by atoms with van der Waals surface area (Å²) in [7, 11) is 1.54. The fourth-order valence-electron chi connectivity index (χ4n) is 2.54. The first kappa shape index (κ1) is 16.1. The Morgan fingerprint density at radius 1 is 1.17 bits per heavy atom. The summed E-state index contributed by atoms with van der Waals surface area (Å²) >= 11 is 0. The SMILES string of the molecule is COc1cccc(C(O)C(=O)NC(C)c2cc3ccccc3o2)c1. The molecular weight excluding hydrogens is 306 g/mol. The second-order valence-electron chi connectivity index (χ2n) is 5.60. The quantitative estimate of drug-likeness (QED) is 0.754. The van der Waals surface area contributed by atoms with Crippen LogP contribution in [0.4, 0.5) is 0 Å². The van der Waals surface area contributed by atoms with Crippen LogP contribution < -0.4 is 10.1 Å². The fraction of sp³-hybridized carbons (Fsp3) is 0.211. The molecule has 0 aliphatic heterocycles. The smallest absolute Gasteiger partial charge is 0.254 e. The monoisotopic (exact) mass is 325 g/mol. The number of aliphatic hydroxyl groups is 1. The number of aliphatic hydroxyl groups excluding tert-OH is 1. The van der Waals surface area contributed by atoms with Crippen molar-refractivity contribution in [3.63, 3.8) is 0 Å². The highest BCUT2D eigenvalue weighted by molar-refractivity contribution is 5.83. The summed E-state index contributed by atoms with van der Waals surface area (Å²) in [6.45, 7) is 1.81. The molecule has 1 heterocycles. The van der Waals surface area contributed by atoms with Crippen LogP contribution in [-0.4, -0.2) is 18.1 Å². The van der Waals surface area contributed by atoms with Crippen LogP contribution >= 0.6 is 0 Å². The average molecular weight is 325 g/mol. The van der Waals surface area contributed by atoms with Gasteiger partial charge in [0, 0.05) is 5.39 Å². The second-order valence-corrected chi connectivity index (χ2v) is 5.60. The van der Waals surface area contributed by atoms with Crippen LogP contribution in [0, 0.1) is 0 Å². The van der Waals surface area contributed by atoms with Gasteiger partial charge >= 0.3 is 0 Å². The Hall–Kier alpha value is -2.79. The number of methoxy groups -OCH3 is 1. The van der Waals surface area contributed by atoms with E-state index in [1.54, 1.807) is 24.3 Å². The van der Waals surface area contributed by atoms with Gasteiger partial charge in [0.25, 0.3) is 5.91 Å². The number of amides is 1. The fourth-order valence-corrected chi connectivity index (χ4v) is 2.54. The molecule has 2 aromatic carbocycles. The minimum Gasteiger partial charge on any atom is -0.497 e. The molecule has 0 aliphatic rings. The normalized spacial score (nSPS) is 13.5. The van der Waals surface area contributed by atoms with Crippen LogP contribution in [0.25, 0.3) is 11.0 Å². The molecule has 3 aromatic rings. The number of furan rings is 1. The second kappa shape index (κ2) is 6.76. The highest BCUT2D eigenvalue weighted by Gasteiger charge is 2.21. The highest BCUT2D eigenvalue weighted by atomic mass is 16.5. The number of hydrogen-bond acceptors (Lipinski definition) is 4. The van der Waals surface area contributed by atoms with Crippen LogP contribution in [0.15, 0.2) is 59.0 Å². The lowest BCUT2D eigenvalue weighted by molar-refractivity contribution is -0.130. The van der Waals surface area contributed by atoms with Crippen molar-refractivity contribution in [2.75, 3.05) is 7.11 Å². The van der Waals surface area contributed by atoms with Gasteiger partial charge in [-0.25, -0.2) is 0 Å². The molecule has 1 aromatic heterocycles. The molecule has 5 nitrogen and oxygen atoms in total. The summed E-state index contributed by atoms with van der Waals surface area (Å²) < 4.78 is 10.8. The van der Waals surface area contributed by atoms with Crippen LogP contribution in [0.3, 0.4) is 0 Å². The number of rotatable bonds is 5. The topological polar surface area (TPSA) is 71.7 Å². The molecule has 2 N–H and O–H groups in total. The Kier molecular flexibility index (Phi) is 4.53. The number of ether oxygens (including phenoxy) is 1. The first-order valence-corrected chi connectivity index (χ1v) is 7.69. The van der Waals surface area contributed by atoms with Crippen LogP contribution in [0.2, 0.25) is 0 Å². The largest absolute Gasteiger partial charge is 0.497 e.